The van der Waals surface area contributed by atoms with Gasteiger partial charge < -0.3 is 5.32 Å². The zero-order chi connectivity index (χ0) is 21.3. The fourth-order valence-corrected chi connectivity index (χ4v) is 5.49. The molecule has 0 bridgehead atoms. The standard InChI is InChI=1S/C30H21NS/c1-3-9-21(10-4-1)22-15-17-24(18-16-22)31-25-19-27(23-11-5-2-6-12-23)30-28(20-25)26-13-7-8-14-29(26)32-30/h1-20,31H. The number of anilines is 2. The van der Waals surface area contributed by atoms with E-state index in [0.717, 1.165) is 11.4 Å². The van der Waals surface area contributed by atoms with E-state index in [0.29, 0.717) is 0 Å². The molecular weight excluding hydrogens is 406 g/mol. The molecule has 0 aliphatic rings. The number of hydrogen-bond acceptors (Lipinski definition) is 2. The number of benzene rings is 5. The van der Waals surface area contributed by atoms with Crippen LogP contribution in [0.25, 0.3) is 42.4 Å². The summed E-state index contributed by atoms with van der Waals surface area (Å²) >= 11 is 1.87. The van der Waals surface area contributed by atoms with Crippen LogP contribution in [0.5, 0.6) is 0 Å². The Hall–Kier alpha value is -3.88. The minimum atomic E-state index is 1.09. The largest absolute Gasteiger partial charge is 0.355 e. The second-order valence-electron chi connectivity index (χ2n) is 7.93. The fourth-order valence-electron chi connectivity index (χ4n) is 4.27. The number of nitrogens with one attached hydrogen (secondary N) is 1. The highest BCUT2D eigenvalue weighted by atomic mass is 32.1. The number of hydrogen-bond donors (Lipinski definition) is 1. The molecule has 6 aromatic rings. The fraction of sp³-hybridized carbons (Fsp3) is 0. The monoisotopic (exact) mass is 427 g/mol. The molecule has 5 aromatic carbocycles. The van der Waals surface area contributed by atoms with E-state index < -0.39 is 0 Å². The number of fused-ring (bicyclic) bond motifs is 3. The van der Waals surface area contributed by atoms with Crippen LogP contribution in [0.15, 0.2) is 121 Å². The Balaban J connectivity index is 1.44. The zero-order valence-corrected chi connectivity index (χ0v) is 18.3. The zero-order valence-electron chi connectivity index (χ0n) is 17.5. The Bertz CT molecular complexity index is 1510. The van der Waals surface area contributed by atoms with E-state index in [-0.39, 0.29) is 0 Å². The SMILES string of the molecule is c1ccc(-c2ccc(Nc3cc(-c4ccccc4)c4sc5ccccc5c4c3)cc2)cc1. The molecule has 32 heavy (non-hydrogen) atoms. The van der Waals surface area contributed by atoms with Crippen LogP contribution in [0.4, 0.5) is 11.4 Å². The van der Waals surface area contributed by atoms with Crippen molar-refractivity contribution in [2.45, 2.75) is 0 Å². The third-order valence-electron chi connectivity index (χ3n) is 5.84. The predicted octanol–water partition coefficient (Wildman–Crippen LogP) is 9.13. The van der Waals surface area contributed by atoms with Crippen LogP contribution in [0.3, 0.4) is 0 Å². The van der Waals surface area contributed by atoms with Crippen molar-refractivity contribution >= 4 is 42.9 Å². The van der Waals surface area contributed by atoms with Crippen LogP contribution in [0.1, 0.15) is 0 Å². The molecule has 1 N–H and O–H groups in total. The average molecular weight is 428 g/mol. The van der Waals surface area contributed by atoms with Gasteiger partial charge in [-0.2, -0.15) is 0 Å². The maximum atomic E-state index is 3.64. The maximum Gasteiger partial charge on any atom is 0.0435 e. The third kappa shape index (κ3) is 3.45. The molecule has 0 saturated heterocycles. The summed E-state index contributed by atoms with van der Waals surface area (Å²) in [6.45, 7) is 0. The lowest BCUT2D eigenvalue weighted by Crippen LogP contribution is -1.91. The lowest BCUT2D eigenvalue weighted by Gasteiger charge is -2.12. The summed E-state index contributed by atoms with van der Waals surface area (Å²) in [6.07, 6.45) is 0. The minimum absolute atomic E-state index is 1.09. The quantitative estimate of drug-likeness (QED) is 0.296. The van der Waals surface area contributed by atoms with Gasteiger partial charge in [-0.1, -0.05) is 91.0 Å². The van der Waals surface area contributed by atoms with Crippen LogP contribution in [-0.4, -0.2) is 0 Å². The van der Waals surface area contributed by atoms with E-state index in [2.05, 4.69) is 121 Å². The minimum Gasteiger partial charge on any atom is -0.355 e. The first-order valence-corrected chi connectivity index (χ1v) is 11.6. The van der Waals surface area contributed by atoms with Crippen LogP contribution in [-0.2, 0) is 0 Å². The van der Waals surface area contributed by atoms with E-state index in [1.807, 2.05) is 17.4 Å². The summed E-state index contributed by atoms with van der Waals surface area (Å²) in [5, 5.41) is 6.26. The Morgan fingerprint density at radius 2 is 1.09 bits per heavy atom. The first-order chi connectivity index (χ1) is 15.8. The molecule has 6 rings (SSSR count). The summed E-state index contributed by atoms with van der Waals surface area (Å²) in [4.78, 5) is 0. The Morgan fingerprint density at radius 3 is 1.84 bits per heavy atom. The molecule has 0 spiro atoms. The summed E-state index contributed by atoms with van der Waals surface area (Å²) in [5.74, 6) is 0. The van der Waals surface area contributed by atoms with Crippen LogP contribution < -0.4 is 5.32 Å². The van der Waals surface area contributed by atoms with Crippen molar-refractivity contribution in [1.82, 2.24) is 0 Å². The van der Waals surface area contributed by atoms with E-state index in [1.165, 1.54) is 42.4 Å². The predicted molar refractivity (Wildman–Crippen MR) is 140 cm³/mol. The van der Waals surface area contributed by atoms with Crippen molar-refractivity contribution in [3.05, 3.63) is 121 Å². The summed E-state index contributed by atoms with van der Waals surface area (Å²) in [5.41, 5.74) is 7.16. The van der Waals surface area contributed by atoms with Crippen LogP contribution in [0, 0.1) is 0 Å². The molecule has 0 fully saturated rings. The molecule has 0 aliphatic heterocycles. The molecule has 0 amide bonds. The van der Waals surface area contributed by atoms with Gasteiger partial charge in [0.05, 0.1) is 0 Å². The van der Waals surface area contributed by atoms with Crippen molar-refractivity contribution < 1.29 is 0 Å². The lowest BCUT2D eigenvalue weighted by atomic mass is 10.0. The van der Waals surface area contributed by atoms with Crippen LogP contribution in [0.2, 0.25) is 0 Å². The van der Waals surface area contributed by atoms with Gasteiger partial charge in [-0.05, 0) is 47.0 Å². The Labute approximate surface area is 191 Å². The smallest absolute Gasteiger partial charge is 0.0435 e. The Kier molecular flexibility index (Phi) is 4.71. The first-order valence-electron chi connectivity index (χ1n) is 10.8. The number of thiophene rings is 1. The second kappa shape index (κ2) is 7.99. The highest BCUT2D eigenvalue weighted by Crippen LogP contribution is 2.42. The van der Waals surface area contributed by atoms with Crippen molar-refractivity contribution in [2.24, 2.45) is 0 Å². The Morgan fingerprint density at radius 1 is 0.469 bits per heavy atom. The molecule has 0 unspecified atom stereocenters. The van der Waals surface area contributed by atoms with Crippen molar-refractivity contribution in [3.63, 3.8) is 0 Å². The van der Waals surface area contributed by atoms with Gasteiger partial charge >= 0.3 is 0 Å². The van der Waals surface area contributed by atoms with E-state index >= 15 is 0 Å². The van der Waals surface area contributed by atoms with Gasteiger partial charge in [-0.15, -0.1) is 11.3 Å². The molecule has 0 aliphatic carbocycles. The first kappa shape index (κ1) is 18.9. The van der Waals surface area contributed by atoms with Gasteiger partial charge in [0.25, 0.3) is 0 Å². The highest BCUT2D eigenvalue weighted by molar-refractivity contribution is 7.26. The van der Waals surface area contributed by atoms with Gasteiger partial charge in [0, 0.05) is 37.1 Å². The second-order valence-corrected chi connectivity index (χ2v) is 8.99. The lowest BCUT2D eigenvalue weighted by molar-refractivity contribution is 1.55. The summed E-state index contributed by atoms with van der Waals surface area (Å²) < 4.78 is 2.66. The van der Waals surface area contributed by atoms with Gasteiger partial charge in [0.1, 0.15) is 0 Å². The number of rotatable bonds is 4. The van der Waals surface area contributed by atoms with E-state index in [1.54, 1.807) is 0 Å². The average Bonchev–Trinajstić information content (AvgIpc) is 3.24. The molecule has 0 atom stereocenters. The maximum absolute atomic E-state index is 3.64. The van der Waals surface area contributed by atoms with Crippen LogP contribution >= 0.6 is 11.3 Å². The summed E-state index contributed by atoms with van der Waals surface area (Å²) in [7, 11) is 0. The van der Waals surface area contributed by atoms with Gasteiger partial charge in [0.15, 0.2) is 0 Å². The highest BCUT2D eigenvalue weighted by Gasteiger charge is 2.12. The van der Waals surface area contributed by atoms with Gasteiger partial charge in [-0.3, -0.25) is 0 Å². The van der Waals surface area contributed by atoms with E-state index in [9.17, 15) is 0 Å². The van der Waals surface area contributed by atoms with Gasteiger partial charge in [-0.25, -0.2) is 0 Å². The van der Waals surface area contributed by atoms with Crippen molar-refractivity contribution in [3.8, 4) is 22.3 Å². The molecular formula is C30H21NS. The topological polar surface area (TPSA) is 12.0 Å². The normalized spacial score (nSPS) is 11.1. The third-order valence-corrected chi connectivity index (χ3v) is 7.06. The molecule has 0 saturated carbocycles. The molecule has 1 nitrogen and oxygen atoms in total. The summed E-state index contributed by atoms with van der Waals surface area (Å²) in [6, 6.07) is 43.1. The molecule has 1 heterocycles. The van der Waals surface area contributed by atoms with Crippen molar-refractivity contribution in [2.75, 3.05) is 5.32 Å². The molecule has 2 heteroatoms. The van der Waals surface area contributed by atoms with E-state index in [4.69, 9.17) is 0 Å². The molecule has 0 radical (unpaired) electrons. The van der Waals surface area contributed by atoms with Crippen molar-refractivity contribution in [1.29, 1.82) is 0 Å². The molecule has 152 valence electrons. The van der Waals surface area contributed by atoms with Gasteiger partial charge in [0.2, 0.25) is 0 Å². The molecule has 1 aromatic heterocycles.